The fraction of sp³-hybridized carbons (Fsp3) is 0.923. The summed E-state index contributed by atoms with van der Waals surface area (Å²) in [7, 11) is 0. The summed E-state index contributed by atoms with van der Waals surface area (Å²) in [5.74, 6) is -0.245. The standard InChI is InChI=1S/C13H26N2O3/c1-3-4-14-5-7-15(8-6-14)9-10-17-11-12-18-13(2)16/h3-12H2,1-2H3. The van der Waals surface area contributed by atoms with Crippen LogP contribution >= 0.6 is 0 Å². The highest BCUT2D eigenvalue weighted by Crippen LogP contribution is 2.01. The topological polar surface area (TPSA) is 42.0 Å². The molecule has 0 saturated carbocycles. The Balaban J connectivity index is 1.93. The van der Waals surface area contributed by atoms with Crippen LogP contribution in [0.4, 0.5) is 0 Å². The minimum absolute atomic E-state index is 0.245. The molecule has 5 heteroatoms. The Morgan fingerprint density at radius 3 is 2.17 bits per heavy atom. The SMILES string of the molecule is CCCN1CCN(CCOCCOC(C)=O)CC1. The van der Waals surface area contributed by atoms with Crippen LogP contribution in [0.2, 0.25) is 0 Å². The highest BCUT2D eigenvalue weighted by Gasteiger charge is 2.15. The van der Waals surface area contributed by atoms with Crippen molar-refractivity contribution in [2.24, 2.45) is 0 Å². The van der Waals surface area contributed by atoms with Crippen LogP contribution in [0.1, 0.15) is 20.3 Å². The third-order valence-electron chi connectivity index (χ3n) is 3.09. The maximum absolute atomic E-state index is 10.5. The van der Waals surface area contributed by atoms with Crippen LogP contribution in [0, 0.1) is 0 Å². The van der Waals surface area contributed by atoms with Gasteiger partial charge in [0.2, 0.25) is 0 Å². The van der Waals surface area contributed by atoms with Gasteiger partial charge in [-0.15, -0.1) is 0 Å². The van der Waals surface area contributed by atoms with Crippen LogP contribution in [-0.2, 0) is 14.3 Å². The number of carbonyl (C=O) groups excluding carboxylic acids is 1. The van der Waals surface area contributed by atoms with E-state index in [9.17, 15) is 4.79 Å². The van der Waals surface area contributed by atoms with Crippen LogP contribution in [0.25, 0.3) is 0 Å². The molecule has 0 atom stereocenters. The van der Waals surface area contributed by atoms with Gasteiger partial charge in [-0.05, 0) is 13.0 Å². The number of esters is 1. The zero-order valence-corrected chi connectivity index (χ0v) is 11.7. The van der Waals surface area contributed by atoms with E-state index in [2.05, 4.69) is 16.7 Å². The predicted octanol–water partition coefficient (Wildman–Crippen LogP) is 0.594. The first kappa shape index (κ1) is 15.4. The maximum Gasteiger partial charge on any atom is 0.302 e. The van der Waals surface area contributed by atoms with Crippen molar-refractivity contribution in [3.05, 3.63) is 0 Å². The third kappa shape index (κ3) is 6.93. The molecule has 5 nitrogen and oxygen atoms in total. The van der Waals surface area contributed by atoms with Gasteiger partial charge in [-0.3, -0.25) is 9.69 Å². The summed E-state index contributed by atoms with van der Waals surface area (Å²) in [5, 5.41) is 0. The van der Waals surface area contributed by atoms with Crippen LogP contribution in [0.15, 0.2) is 0 Å². The number of hydrogen-bond acceptors (Lipinski definition) is 5. The molecule has 1 heterocycles. The first-order chi connectivity index (χ1) is 8.72. The molecule has 1 fully saturated rings. The number of carbonyl (C=O) groups is 1. The molecule has 0 spiro atoms. The molecule has 0 N–H and O–H groups in total. The number of rotatable bonds is 8. The van der Waals surface area contributed by atoms with Crippen molar-refractivity contribution in [3.63, 3.8) is 0 Å². The van der Waals surface area contributed by atoms with E-state index in [4.69, 9.17) is 9.47 Å². The van der Waals surface area contributed by atoms with Crippen molar-refractivity contribution in [3.8, 4) is 0 Å². The monoisotopic (exact) mass is 258 g/mol. The summed E-state index contributed by atoms with van der Waals surface area (Å²) in [6, 6.07) is 0. The van der Waals surface area contributed by atoms with Crippen molar-refractivity contribution in [2.45, 2.75) is 20.3 Å². The second-order valence-corrected chi connectivity index (χ2v) is 4.64. The zero-order valence-electron chi connectivity index (χ0n) is 11.7. The molecule has 18 heavy (non-hydrogen) atoms. The summed E-state index contributed by atoms with van der Waals surface area (Å²) < 4.78 is 10.2. The lowest BCUT2D eigenvalue weighted by atomic mass is 10.3. The molecule has 0 amide bonds. The molecule has 0 aromatic rings. The first-order valence-corrected chi connectivity index (χ1v) is 6.88. The lowest BCUT2D eigenvalue weighted by Crippen LogP contribution is -2.47. The van der Waals surface area contributed by atoms with Crippen molar-refractivity contribution in [1.82, 2.24) is 9.80 Å². The highest BCUT2D eigenvalue weighted by atomic mass is 16.6. The van der Waals surface area contributed by atoms with E-state index >= 15 is 0 Å². The van der Waals surface area contributed by atoms with Gasteiger partial charge in [0.1, 0.15) is 6.61 Å². The summed E-state index contributed by atoms with van der Waals surface area (Å²) in [5.41, 5.74) is 0. The van der Waals surface area contributed by atoms with E-state index in [0.29, 0.717) is 13.2 Å². The van der Waals surface area contributed by atoms with E-state index in [1.165, 1.54) is 33.0 Å². The zero-order chi connectivity index (χ0) is 13.2. The van der Waals surface area contributed by atoms with Gasteiger partial charge < -0.3 is 14.4 Å². The van der Waals surface area contributed by atoms with Gasteiger partial charge in [-0.1, -0.05) is 6.92 Å². The van der Waals surface area contributed by atoms with Gasteiger partial charge in [-0.25, -0.2) is 0 Å². The Labute approximate surface area is 110 Å². The van der Waals surface area contributed by atoms with Gasteiger partial charge in [0.25, 0.3) is 0 Å². The average molecular weight is 258 g/mol. The van der Waals surface area contributed by atoms with Crippen LogP contribution in [-0.4, -0.2) is 74.9 Å². The second kappa shape index (κ2) is 9.30. The first-order valence-electron chi connectivity index (χ1n) is 6.88. The summed E-state index contributed by atoms with van der Waals surface area (Å²) in [6.07, 6.45) is 1.24. The molecular formula is C13H26N2O3. The van der Waals surface area contributed by atoms with Crippen molar-refractivity contribution < 1.29 is 14.3 Å². The molecule has 106 valence electrons. The number of nitrogens with zero attached hydrogens (tertiary/aromatic N) is 2. The Morgan fingerprint density at radius 2 is 1.61 bits per heavy atom. The fourth-order valence-corrected chi connectivity index (χ4v) is 2.09. The van der Waals surface area contributed by atoms with E-state index < -0.39 is 0 Å². The molecule has 1 rings (SSSR count). The van der Waals surface area contributed by atoms with Gasteiger partial charge in [0.05, 0.1) is 13.2 Å². The third-order valence-corrected chi connectivity index (χ3v) is 3.09. The van der Waals surface area contributed by atoms with E-state index in [0.717, 1.165) is 26.2 Å². The van der Waals surface area contributed by atoms with Crippen molar-refractivity contribution in [1.29, 1.82) is 0 Å². The summed E-state index contributed by atoms with van der Waals surface area (Å²) >= 11 is 0. The smallest absolute Gasteiger partial charge is 0.302 e. The van der Waals surface area contributed by atoms with Crippen LogP contribution in [0.3, 0.4) is 0 Å². The molecule has 0 aliphatic carbocycles. The Hall–Kier alpha value is -0.650. The van der Waals surface area contributed by atoms with Crippen LogP contribution < -0.4 is 0 Å². The van der Waals surface area contributed by atoms with Crippen LogP contribution in [0.5, 0.6) is 0 Å². The molecule has 0 radical (unpaired) electrons. The molecule has 1 aliphatic heterocycles. The minimum atomic E-state index is -0.245. The van der Waals surface area contributed by atoms with Gasteiger partial charge in [-0.2, -0.15) is 0 Å². The Kier molecular flexibility index (Phi) is 7.96. The number of piperazine rings is 1. The number of hydrogen-bond donors (Lipinski definition) is 0. The number of ether oxygens (including phenoxy) is 2. The molecule has 0 aromatic heterocycles. The van der Waals surface area contributed by atoms with Gasteiger partial charge in [0, 0.05) is 39.6 Å². The Bertz CT molecular complexity index is 228. The average Bonchev–Trinajstić information content (AvgIpc) is 2.35. The van der Waals surface area contributed by atoms with Gasteiger partial charge in [0.15, 0.2) is 0 Å². The lowest BCUT2D eigenvalue weighted by Gasteiger charge is -2.34. The summed E-state index contributed by atoms with van der Waals surface area (Å²) in [6.45, 7) is 12.0. The normalized spacial score (nSPS) is 17.9. The summed E-state index contributed by atoms with van der Waals surface area (Å²) in [4.78, 5) is 15.5. The van der Waals surface area contributed by atoms with Crippen molar-refractivity contribution in [2.75, 3.05) is 59.1 Å². The minimum Gasteiger partial charge on any atom is -0.463 e. The molecule has 0 aromatic carbocycles. The molecule has 0 unspecified atom stereocenters. The molecule has 1 aliphatic rings. The second-order valence-electron chi connectivity index (χ2n) is 4.64. The van der Waals surface area contributed by atoms with E-state index in [-0.39, 0.29) is 5.97 Å². The molecule has 1 saturated heterocycles. The fourth-order valence-electron chi connectivity index (χ4n) is 2.09. The molecule has 0 bridgehead atoms. The van der Waals surface area contributed by atoms with Gasteiger partial charge >= 0.3 is 5.97 Å². The Morgan fingerprint density at radius 1 is 1.00 bits per heavy atom. The highest BCUT2D eigenvalue weighted by molar-refractivity contribution is 5.65. The maximum atomic E-state index is 10.5. The van der Waals surface area contributed by atoms with Crippen molar-refractivity contribution >= 4 is 5.97 Å². The lowest BCUT2D eigenvalue weighted by molar-refractivity contribution is -0.142. The largest absolute Gasteiger partial charge is 0.463 e. The van der Waals surface area contributed by atoms with E-state index in [1.54, 1.807) is 0 Å². The quantitative estimate of drug-likeness (QED) is 0.471. The van der Waals surface area contributed by atoms with E-state index in [1.807, 2.05) is 0 Å². The molecular weight excluding hydrogens is 232 g/mol. The predicted molar refractivity (Wildman–Crippen MR) is 70.6 cm³/mol.